The predicted octanol–water partition coefficient (Wildman–Crippen LogP) is 1.44. The molecule has 16 heavy (non-hydrogen) atoms. The highest BCUT2D eigenvalue weighted by Crippen LogP contribution is 2.09. The van der Waals surface area contributed by atoms with Crippen LogP contribution in [0.25, 0.3) is 0 Å². The van der Waals surface area contributed by atoms with Gasteiger partial charge < -0.3 is 4.90 Å². The van der Waals surface area contributed by atoms with Crippen molar-refractivity contribution in [2.24, 2.45) is 0 Å². The van der Waals surface area contributed by atoms with Crippen LogP contribution in [-0.2, 0) is 9.84 Å². The van der Waals surface area contributed by atoms with Gasteiger partial charge in [-0.15, -0.1) is 0 Å². The zero-order chi connectivity index (χ0) is 12.0. The first-order valence-electron chi connectivity index (χ1n) is 5.27. The number of hydrogen-bond acceptors (Lipinski definition) is 4. The summed E-state index contributed by atoms with van der Waals surface area (Å²) in [5.41, 5.74) is 0. The minimum Gasteiger partial charge on any atom is -0.377 e. The summed E-state index contributed by atoms with van der Waals surface area (Å²) in [5, 5.41) is 8.65. The van der Waals surface area contributed by atoms with Crippen LogP contribution in [-0.4, -0.2) is 32.7 Å². The van der Waals surface area contributed by atoms with Gasteiger partial charge in [-0.1, -0.05) is 0 Å². The van der Waals surface area contributed by atoms with E-state index in [1.54, 1.807) is 12.1 Å². The summed E-state index contributed by atoms with van der Waals surface area (Å²) in [6.45, 7) is 2.01. The van der Waals surface area contributed by atoms with Gasteiger partial charge in [-0.3, -0.25) is 0 Å². The van der Waals surface area contributed by atoms with Crippen LogP contribution in [0.2, 0.25) is 0 Å². The Morgan fingerprint density at radius 1 is 1.31 bits per heavy atom. The molecule has 0 amide bonds. The second-order valence-electron chi connectivity index (χ2n) is 3.85. The lowest BCUT2D eigenvalue weighted by Gasteiger charge is -2.24. The van der Waals surface area contributed by atoms with Gasteiger partial charge in [-0.05, 0) is 37.6 Å². The van der Waals surface area contributed by atoms with Crippen molar-refractivity contribution in [3.63, 3.8) is 0 Å². The van der Waals surface area contributed by atoms with E-state index < -0.39 is 9.84 Å². The molecule has 0 spiro atoms. The Kier molecular flexibility index (Phi) is 4.56. The van der Waals surface area contributed by atoms with E-state index in [4.69, 9.17) is 5.26 Å². The quantitative estimate of drug-likeness (QED) is 0.553. The molecule has 1 aliphatic heterocycles. The number of nitrogens with zero attached hydrogens (tertiary/aromatic N) is 2. The van der Waals surface area contributed by atoms with E-state index in [9.17, 15) is 8.42 Å². The van der Waals surface area contributed by atoms with E-state index >= 15 is 0 Å². The Hall–Kier alpha value is -1.28. The fraction of sp³-hybridized carbons (Fsp3) is 0.545. The molecule has 1 saturated heterocycles. The van der Waals surface area contributed by atoms with E-state index in [0.29, 0.717) is 0 Å². The average Bonchev–Trinajstić information content (AvgIpc) is 2.24. The summed E-state index contributed by atoms with van der Waals surface area (Å²) in [6.07, 6.45) is 9.47. The Balaban J connectivity index is 2.63. The molecule has 0 bridgehead atoms. The lowest BCUT2D eigenvalue weighted by atomic mass is 10.1. The minimum atomic E-state index is -3.39. The van der Waals surface area contributed by atoms with Crippen molar-refractivity contribution in [2.45, 2.75) is 19.3 Å². The van der Waals surface area contributed by atoms with Crippen LogP contribution in [0.1, 0.15) is 19.3 Å². The van der Waals surface area contributed by atoms with Crippen LogP contribution in [0.5, 0.6) is 0 Å². The molecule has 0 aromatic carbocycles. The van der Waals surface area contributed by atoms with Crippen molar-refractivity contribution in [1.82, 2.24) is 4.90 Å². The zero-order valence-corrected chi connectivity index (χ0v) is 10.2. The largest absolute Gasteiger partial charge is 0.377 e. The Morgan fingerprint density at radius 2 is 1.94 bits per heavy atom. The van der Waals surface area contributed by atoms with Crippen molar-refractivity contribution in [1.29, 1.82) is 5.26 Å². The highest BCUT2D eigenvalue weighted by Gasteiger charge is 2.09. The summed E-state index contributed by atoms with van der Waals surface area (Å²) in [6, 6.07) is 1.68. The first-order chi connectivity index (χ1) is 7.54. The molecule has 5 heteroatoms. The van der Waals surface area contributed by atoms with Gasteiger partial charge in [0, 0.05) is 19.3 Å². The maximum absolute atomic E-state index is 11.1. The smallest absolute Gasteiger partial charge is 0.185 e. The van der Waals surface area contributed by atoms with Gasteiger partial charge in [-0.2, -0.15) is 5.26 Å². The van der Waals surface area contributed by atoms with E-state index in [0.717, 1.165) is 19.3 Å². The molecule has 1 rings (SSSR count). The molecule has 1 aliphatic rings. The van der Waals surface area contributed by atoms with E-state index in [-0.39, 0.29) is 4.91 Å². The first-order valence-corrected chi connectivity index (χ1v) is 7.16. The van der Waals surface area contributed by atoms with Gasteiger partial charge in [-0.25, -0.2) is 8.42 Å². The fourth-order valence-corrected chi connectivity index (χ4v) is 2.05. The molecule has 0 saturated carbocycles. The van der Waals surface area contributed by atoms with Gasteiger partial charge in [0.1, 0.15) is 11.0 Å². The number of nitriles is 1. The molecule has 1 heterocycles. The van der Waals surface area contributed by atoms with Gasteiger partial charge in [0.05, 0.1) is 0 Å². The first kappa shape index (κ1) is 12.8. The lowest BCUT2D eigenvalue weighted by molar-refractivity contribution is 0.309. The van der Waals surface area contributed by atoms with Crippen molar-refractivity contribution < 1.29 is 8.42 Å². The molecular formula is C11H16N2O2S. The number of piperidine rings is 1. The van der Waals surface area contributed by atoms with Crippen LogP contribution >= 0.6 is 0 Å². The molecular weight excluding hydrogens is 224 g/mol. The number of sulfone groups is 1. The molecule has 1 fully saturated rings. The highest BCUT2D eigenvalue weighted by atomic mass is 32.2. The summed E-state index contributed by atoms with van der Waals surface area (Å²) >= 11 is 0. The SMILES string of the molecule is CS(=O)(=O)C(C#N)=CC=CN1CCCCC1. The molecule has 0 radical (unpaired) electrons. The number of hydrogen-bond donors (Lipinski definition) is 0. The van der Waals surface area contributed by atoms with Crippen LogP contribution < -0.4 is 0 Å². The molecule has 4 nitrogen and oxygen atoms in total. The normalized spacial score (nSPS) is 18.8. The summed E-state index contributed by atoms with van der Waals surface area (Å²) in [7, 11) is -3.39. The van der Waals surface area contributed by atoms with Gasteiger partial charge in [0.25, 0.3) is 0 Å². The summed E-state index contributed by atoms with van der Waals surface area (Å²) < 4.78 is 22.2. The summed E-state index contributed by atoms with van der Waals surface area (Å²) in [4.78, 5) is 1.94. The molecule has 0 aromatic heterocycles. The van der Waals surface area contributed by atoms with E-state index in [2.05, 4.69) is 4.90 Å². The maximum Gasteiger partial charge on any atom is 0.185 e. The molecule has 0 aromatic rings. The molecule has 88 valence electrons. The zero-order valence-electron chi connectivity index (χ0n) is 9.39. The number of allylic oxidation sites excluding steroid dienone is 3. The molecule has 0 unspecified atom stereocenters. The Morgan fingerprint density at radius 3 is 2.44 bits per heavy atom. The van der Waals surface area contributed by atoms with Gasteiger partial charge in [0.15, 0.2) is 9.84 Å². The predicted molar refractivity (Wildman–Crippen MR) is 63.1 cm³/mol. The number of likely N-dealkylation sites (tertiary alicyclic amines) is 1. The number of rotatable bonds is 3. The average molecular weight is 240 g/mol. The maximum atomic E-state index is 11.1. The standard InChI is InChI=1S/C11H16N2O2S/c1-16(14,15)11(10-12)6-5-9-13-7-3-2-4-8-13/h5-6,9H,2-4,7-8H2,1H3. The second kappa shape index (κ2) is 5.71. The third-order valence-corrected chi connectivity index (χ3v) is 3.47. The highest BCUT2D eigenvalue weighted by molar-refractivity contribution is 7.94. The minimum absolute atomic E-state index is 0.194. The topological polar surface area (TPSA) is 61.2 Å². The van der Waals surface area contributed by atoms with Gasteiger partial charge in [0.2, 0.25) is 0 Å². The van der Waals surface area contributed by atoms with E-state index in [1.807, 2.05) is 6.20 Å². The molecule has 0 atom stereocenters. The Labute approximate surface area is 96.8 Å². The van der Waals surface area contributed by atoms with Gasteiger partial charge >= 0.3 is 0 Å². The lowest BCUT2D eigenvalue weighted by Crippen LogP contribution is -2.23. The van der Waals surface area contributed by atoms with Crippen molar-refractivity contribution in [3.05, 3.63) is 23.3 Å². The van der Waals surface area contributed by atoms with Crippen LogP contribution in [0.4, 0.5) is 0 Å². The molecule has 0 aliphatic carbocycles. The van der Waals surface area contributed by atoms with Crippen molar-refractivity contribution >= 4 is 9.84 Å². The van der Waals surface area contributed by atoms with Crippen LogP contribution in [0, 0.1) is 11.3 Å². The van der Waals surface area contributed by atoms with Crippen LogP contribution in [0.15, 0.2) is 23.3 Å². The van der Waals surface area contributed by atoms with Crippen molar-refractivity contribution in [2.75, 3.05) is 19.3 Å². The second-order valence-corrected chi connectivity index (χ2v) is 5.84. The van der Waals surface area contributed by atoms with Crippen molar-refractivity contribution in [3.8, 4) is 6.07 Å². The molecule has 0 N–H and O–H groups in total. The fourth-order valence-electron chi connectivity index (χ4n) is 1.56. The monoisotopic (exact) mass is 240 g/mol. The Bertz CT molecular complexity index is 423. The summed E-state index contributed by atoms with van der Waals surface area (Å²) in [5.74, 6) is 0. The van der Waals surface area contributed by atoms with Crippen LogP contribution in [0.3, 0.4) is 0 Å². The van der Waals surface area contributed by atoms with E-state index in [1.165, 1.54) is 25.3 Å². The third kappa shape index (κ3) is 4.07. The third-order valence-electron chi connectivity index (χ3n) is 2.44.